The van der Waals surface area contributed by atoms with Gasteiger partial charge in [0.25, 0.3) is 0 Å². The SMILES string of the molecule is CC(=O)N1CC(OC(=O)N2CCC(C)C2)C1. The molecule has 2 heterocycles. The molecule has 5 heteroatoms. The molecule has 2 amide bonds. The van der Waals surface area contributed by atoms with Gasteiger partial charge in [-0.25, -0.2) is 4.79 Å². The second-order valence-electron chi connectivity index (χ2n) is 4.77. The van der Waals surface area contributed by atoms with Gasteiger partial charge < -0.3 is 14.5 Å². The van der Waals surface area contributed by atoms with E-state index in [2.05, 4.69) is 6.92 Å². The molecule has 2 aliphatic rings. The van der Waals surface area contributed by atoms with Gasteiger partial charge in [0, 0.05) is 20.0 Å². The molecule has 0 spiro atoms. The van der Waals surface area contributed by atoms with Crippen LogP contribution in [-0.4, -0.2) is 54.1 Å². The Kier molecular flexibility index (Phi) is 3.03. The van der Waals surface area contributed by atoms with Crippen LogP contribution in [0, 0.1) is 5.92 Å². The van der Waals surface area contributed by atoms with Crippen molar-refractivity contribution in [1.29, 1.82) is 0 Å². The maximum absolute atomic E-state index is 11.7. The lowest BCUT2D eigenvalue weighted by atomic mass is 10.2. The molecule has 0 aliphatic carbocycles. The lowest BCUT2D eigenvalue weighted by Gasteiger charge is -2.38. The summed E-state index contributed by atoms with van der Waals surface area (Å²) in [6.07, 6.45) is 0.726. The van der Waals surface area contributed by atoms with Crippen LogP contribution in [0.4, 0.5) is 4.79 Å². The van der Waals surface area contributed by atoms with E-state index in [1.54, 1.807) is 9.80 Å². The number of hydrogen-bond acceptors (Lipinski definition) is 3. The number of amides is 2. The zero-order chi connectivity index (χ0) is 11.7. The van der Waals surface area contributed by atoms with E-state index in [1.165, 1.54) is 6.92 Å². The summed E-state index contributed by atoms with van der Waals surface area (Å²) in [6.45, 7) is 6.34. The van der Waals surface area contributed by atoms with E-state index >= 15 is 0 Å². The number of ether oxygens (including phenoxy) is 1. The Bertz CT molecular complexity index is 300. The molecule has 16 heavy (non-hydrogen) atoms. The van der Waals surface area contributed by atoms with Crippen molar-refractivity contribution in [1.82, 2.24) is 9.80 Å². The highest BCUT2D eigenvalue weighted by molar-refractivity contribution is 5.74. The van der Waals surface area contributed by atoms with Gasteiger partial charge >= 0.3 is 6.09 Å². The molecule has 2 saturated heterocycles. The fourth-order valence-electron chi connectivity index (χ4n) is 2.09. The van der Waals surface area contributed by atoms with Crippen molar-refractivity contribution in [3.63, 3.8) is 0 Å². The summed E-state index contributed by atoms with van der Waals surface area (Å²) >= 11 is 0. The highest BCUT2D eigenvalue weighted by Gasteiger charge is 2.34. The summed E-state index contributed by atoms with van der Waals surface area (Å²) in [6, 6.07) is 0. The van der Waals surface area contributed by atoms with Crippen LogP contribution in [0.2, 0.25) is 0 Å². The minimum atomic E-state index is -0.224. The number of carbonyl (C=O) groups excluding carboxylic acids is 2. The molecule has 5 nitrogen and oxygen atoms in total. The van der Waals surface area contributed by atoms with Gasteiger partial charge in [-0.2, -0.15) is 0 Å². The first-order valence-corrected chi connectivity index (χ1v) is 5.77. The van der Waals surface area contributed by atoms with Crippen molar-refractivity contribution in [3.8, 4) is 0 Å². The topological polar surface area (TPSA) is 49.9 Å². The molecule has 1 atom stereocenters. The molecule has 0 N–H and O–H groups in total. The maximum Gasteiger partial charge on any atom is 0.410 e. The number of likely N-dealkylation sites (tertiary alicyclic amines) is 2. The van der Waals surface area contributed by atoms with Crippen LogP contribution in [0.5, 0.6) is 0 Å². The highest BCUT2D eigenvalue weighted by Crippen LogP contribution is 2.18. The standard InChI is InChI=1S/C11H18N2O3/c1-8-3-4-12(5-8)11(15)16-10-6-13(7-10)9(2)14/h8,10H,3-7H2,1-2H3. The molecule has 90 valence electrons. The molecule has 0 bridgehead atoms. The Morgan fingerprint density at radius 1 is 1.19 bits per heavy atom. The predicted molar refractivity (Wildman–Crippen MR) is 57.9 cm³/mol. The third kappa shape index (κ3) is 2.28. The third-order valence-electron chi connectivity index (χ3n) is 3.24. The second kappa shape index (κ2) is 4.31. The monoisotopic (exact) mass is 226 g/mol. The Morgan fingerprint density at radius 2 is 1.88 bits per heavy atom. The van der Waals surface area contributed by atoms with Gasteiger partial charge in [-0.15, -0.1) is 0 Å². The summed E-state index contributed by atoms with van der Waals surface area (Å²) in [7, 11) is 0. The molecule has 0 aromatic heterocycles. The molecular formula is C11H18N2O3. The number of nitrogens with zero attached hydrogens (tertiary/aromatic N) is 2. The normalized spacial score (nSPS) is 25.5. The van der Waals surface area contributed by atoms with Crippen LogP contribution in [0.1, 0.15) is 20.3 Å². The van der Waals surface area contributed by atoms with Crippen LogP contribution < -0.4 is 0 Å². The van der Waals surface area contributed by atoms with E-state index in [0.29, 0.717) is 19.0 Å². The highest BCUT2D eigenvalue weighted by atomic mass is 16.6. The second-order valence-corrected chi connectivity index (χ2v) is 4.77. The van der Waals surface area contributed by atoms with Crippen molar-refractivity contribution in [2.45, 2.75) is 26.4 Å². The number of hydrogen-bond donors (Lipinski definition) is 0. The van der Waals surface area contributed by atoms with Gasteiger partial charge in [-0.3, -0.25) is 4.79 Å². The van der Waals surface area contributed by atoms with Crippen molar-refractivity contribution in [2.24, 2.45) is 5.92 Å². The Hall–Kier alpha value is -1.26. The summed E-state index contributed by atoms with van der Waals surface area (Å²) in [4.78, 5) is 26.0. The molecule has 2 fully saturated rings. The van der Waals surface area contributed by atoms with E-state index in [0.717, 1.165) is 19.5 Å². The molecule has 2 rings (SSSR count). The average Bonchev–Trinajstić information content (AvgIpc) is 2.56. The number of rotatable bonds is 1. The van der Waals surface area contributed by atoms with Gasteiger partial charge in [0.1, 0.15) is 6.10 Å². The van der Waals surface area contributed by atoms with E-state index in [9.17, 15) is 9.59 Å². The Labute approximate surface area is 95.3 Å². The summed E-state index contributed by atoms with van der Waals surface area (Å²) < 4.78 is 5.29. The van der Waals surface area contributed by atoms with Gasteiger partial charge in [-0.1, -0.05) is 6.92 Å². The molecule has 0 aromatic rings. The minimum Gasteiger partial charge on any atom is -0.442 e. The Morgan fingerprint density at radius 3 is 2.38 bits per heavy atom. The average molecular weight is 226 g/mol. The predicted octanol–water partition coefficient (Wildman–Crippen LogP) is 0.696. The van der Waals surface area contributed by atoms with Gasteiger partial charge in [0.15, 0.2) is 0 Å². The summed E-state index contributed by atoms with van der Waals surface area (Å²) in [5, 5.41) is 0. The van der Waals surface area contributed by atoms with Crippen LogP contribution in [0.25, 0.3) is 0 Å². The van der Waals surface area contributed by atoms with E-state index in [1.807, 2.05) is 0 Å². The molecule has 2 aliphatic heterocycles. The van der Waals surface area contributed by atoms with Crippen molar-refractivity contribution in [3.05, 3.63) is 0 Å². The fourth-order valence-corrected chi connectivity index (χ4v) is 2.09. The molecule has 0 radical (unpaired) electrons. The van der Waals surface area contributed by atoms with Gasteiger partial charge in [-0.05, 0) is 12.3 Å². The molecule has 0 saturated carbocycles. The minimum absolute atomic E-state index is 0.0436. The zero-order valence-electron chi connectivity index (χ0n) is 9.81. The zero-order valence-corrected chi connectivity index (χ0v) is 9.81. The first kappa shape index (κ1) is 11.2. The van der Waals surface area contributed by atoms with Crippen LogP contribution in [0.15, 0.2) is 0 Å². The fraction of sp³-hybridized carbons (Fsp3) is 0.818. The van der Waals surface area contributed by atoms with Gasteiger partial charge in [0.05, 0.1) is 13.1 Å². The smallest absolute Gasteiger partial charge is 0.410 e. The van der Waals surface area contributed by atoms with Gasteiger partial charge in [0.2, 0.25) is 5.91 Å². The molecule has 1 unspecified atom stereocenters. The van der Waals surface area contributed by atoms with Crippen LogP contribution in [-0.2, 0) is 9.53 Å². The van der Waals surface area contributed by atoms with Crippen molar-refractivity contribution < 1.29 is 14.3 Å². The largest absolute Gasteiger partial charge is 0.442 e. The molecular weight excluding hydrogens is 208 g/mol. The third-order valence-corrected chi connectivity index (χ3v) is 3.24. The van der Waals surface area contributed by atoms with Crippen molar-refractivity contribution >= 4 is 12.0 Å². The summed E-state index contributed by atoms with van der Waals surface area (Å²) in [5.41, 5.74) is 0. The summed E-state index contributed by atoms with van der Waals surface area (Å²) in [5.74, 6) is 0.616. The molecule has 0 aromatic carbocycles. The quantitative estimate of drug-likeness (QED) is 0.661. The number of carbonyl (C=O) groups is 2. The van der Waals surface area contributed by atoms with Crippen molar-refractivity contribution in [2.75, 3.05) is 26.2 Å². The van der Waals surface area contributed by atoms with Crippen LogP contribution in [0.3, 0.4) is 0 Å². The lowest BCUT2D eigenvalue weighted by Crippen LogP contribution is -2.55. The first-order valence-electron chi connectivity index (χ1n) is 5.77. The van der Waals surface area contributed by atoms with Crippen LogP contribution >= 0.6 is 0 Å². The Balaban J connectivity index is 1.71. The maximum atomic E-state index is 11.7. The van der Waals surface area contributed by atoms with E-state index < -0.39 is 0 Å². The first-order chi connectivity index (χ1) is 7.56. The van der Waals surface area contributed by atoms with E-state index in [4.69, 9.17) is 4.74 Å². The van der Waals surface area contributed by atoms with E-state index in [-0.39, 0.29) is 18.1 Å². The lowest BCUT2D eigenvalue weighted by molar-refractivity contribution is -0.139.